The van der Waals surface area contributed by atoms with Crippen molar-refractivity contribution in [3.05, 3.63) is 100 Å². The van der Waals surface area contributed by atoms with Crippen LogP contribution in [0.2, 0.25) is 0 Å². The van der Waals surface area contributed by atoms with E-state index in [1.165, 1.54) is 23.9 Å². The molecule has 0 radical (unpaired) electrons. The predicted molar refractivity (Wildman–Crippen MR) is 138 cm³/mol. The highest BCUT2D eigenvalue weighted by molar-refractivity contribution is 7.89. The number of carbonyl (C=O) groups excluding carboxylic acids is 1. The van der Waals surface area contributed by atoms with Crippen LogP contribution in [0.5, 0.6) is 0 Å². The highest BCUT2D eigenvalue weighted by Crippen LogP contribution is 2.13. The molecular formula is C27H31F2N3O4S. The van der Waals surface area contributed by atoms with Gasteiger partial charge in [0.15, 0.2) is 9.84 Å². The molecule has 0 bridgehead atoms. The molecule has 10 heteroatoms. The zero-order valence-corrected chi connectivity index (χ0v) is 21.6. The van der Waals surface area contributed by atoms with Crippen molar-refractivity contribution in [3.63, 3.8) is 0 Å². The van der Waals surface area contributed by atoms with Crippen molar-refractivity contribution < 1.29 is 27.1 Å². The predicted octanol–water partition coefficient (Wildman–Crippen LogP) is 2.96. The number of aromatic nitrogens is 1. The fraction of sp³-hybridized carbons (Fsp3) is 0.333. The lowest BCUT2D eigenvalue weighted by atomic mass is 10.00. The van der Waals surface area contributed by atoms with Crippen molar-refractivity contribution in [2.75, 3.05) is 12.8 Å². The maximum absolute atomic E-state index is 13.8. The minimum absolute atomic E-state index is 0.0197. The van der Waals surface area contributed by atoms with Gasteiger partial charge in [0.2, 0.25) is 0 Å². The minimum Gasteiger partial charge on any atom is -0.390 e. The van der Waals surface area contributed by atoms with Gasteiger partial charge in [0.25, 0.3) is 5.91 Å². The standard InChI is InChI=1S/C27H31F2N3O4S/c1-3-18-5-4-6-19(9-18)14-30-16-26(33)25(12-20-10-22(28)13-23(29)11-20)32-27(34)21-7-8-24(31-15-21)17-37(2,35)36/h4-11,13,15,25-26,30,33H,3,12,14,16-17H2,1-2H3,(H,32,34). The van der Waals surface area contributed by atoms with E-state index in [4.69, 9.17) is 0 Å². The molecule has 198 valence electrons. The van der Waals surface area contributed by atoms with Crippen molar-refractivity contribution in [1.29, 1.82) is 0 Å². The Morgan fingerprint density at radius 2 is 1.73 bits per heavy atom. The van der Waals surface area contributed by atoms with Crippen LogP contribution in [0.25, 0.3) is 0 Å². The van der Waals surface area contributed by atoms with Gasteiger partial charge in [0.1, 0.15) is 11.6 Å². The molecule has 0 saturated carbocycles. The molecule has 3 aromatic rings. The van der Waals surface area contributed by atoms with E-state index in [2.05, 4.69) is 28.6 Å². The number of pyridine rings is 1. The summed E-state index contributed by atoms with van der Waals surface area (Å²) in [4.78, 5) is 16.9. The van der Waals surface area contributed by atoms with E-state index in [0.29, 0.717) is 12.2 Å². The first kappa shape index (κ1) is 28.4. The number of halogens is 2. The van der Waals surface area contributed by atoms with E-state index in [-0.39, 0.29) is 29.8 Å². The first-order chi connectivity index (χ1) is 17.5. The third kappa shape index (κ3) is 9.31. The largest absolute Gasteiger partial charge is 0.390 e. The van der Waals surface area contributed by atoms with E-state index in [1.54, 1.807) is 0 Å². The van der Waals surface area contributed by atoms with Crippen molar-refractivity contribution in [2.24, 2.45) is 0 Å². The average Bonchev–Trinajstić information content (AvgIpc) is 2.82. The summed E-state index contributed by atoms with van der Waals surface area (Å²) in [6.45, 7) is 2.67. The summed E-state index contributed by atoms with van der Waals surface area (Å²) >= 11 is 0. The molecule has 2 atom stereocenters. The summed E-state index contributed by atoms with van der Waals surface area (Å²) in [5, 5.41) is 16.8. The molecule has 3 rings (SSSR count). The lowest BCUT2D eigenvalue weighted by Crippen LogP contribution is -2.48. The van der Waals surface area contributed by atoms with Gasteiger partial charge in [-0.3, -0.25) is 9.78 Å². The quantitative estimate of drug-likeness (QED) is 0.332. The Hall–Kier alpha value is -3.21. The van der Waals surface area contributed by atoms with Crippen LogP contribution in [-0.4, -0.2) is 49.4 Å². The molecule has 0 saturated heterocycles. The van der Waals surface area contributed by atoms with Crippen LogP contribution in [0.1, 0.15) is 39.7 Å². The molecule has 2 aromatic carbocycles. The lowest BCUT2D eigenvalue weighted by Gasteiger charge is -2.25. The van der Waals surface area contributed by atoms with Gasteiger partial charge >= 0.3 is 0 Å². The second-order valence-electron chi connectivity index (χ2n) is 9.04. The smallest absolute Gasteiger partial charge is 0.253 e. The molecule has 0 aliphatic carbocycles. The van der Waals surface area contributed by atoms with Gasteiger partial charge in [-0.2, -0.15) is 0 Å². The molecule has 2 unspecified atom stereocenters. The summed E-state index contributed by atoms with van der Waals surface area (Å²) in [6, 6.07) is 13.1. The highest BCUT2D eigenvalue weighted by atomic mass is 32.2. The first-order valence-electron chi connectivity index (χ1n) is 11.9. The molecule has 7 nitrogen and oxygen atoms in total. The van der Waals surface area contributed by atoms with Crippen LogP contribution >= 0.6 is 0 Å². The number of amides is 1. The Morgan fingerprint density at radius 3 is 2.35 bits per heavy atom. The monoisotopic (exact) mass is 531 g/mol. The zero-order chi connectivity index (χ0) is 27.0. The number of nitrogens with zero attached hydrogens (tertiary/aromatic N) is 1. The number of nitrogens with one attached hydrogen (secondary N) is 2. The van der Waals surface area contributed by atoms with Gasteiger partial charge in [-0.25, -0.2) is 17.2 Å². The van der Waals surface area contributed by atoms with Crippen molar-refractivity contribution in [3.8, 4) is 0 Å². The fourth-order valence-electron chi connectivity index (χ4n) is 3.90. The lowest BCUT2D eigenvalue weighted by molar-refractivity contribution is 0.0829. The number of aliphatic hydroxyl groups is 1. The molecule has 1 heterocycles. The maximum atomic E-state index is 13.8. The summed E-state index contributed by atoms with van der Waals surface area (Å²) in [6.07, 6.45) is 2.14. The molecule has 0 fully saturated rings. The van der Waals surface area contributed by atoms with Gasteiger partial charge in [-0.05, 0) is 53.8 Å². The molecule has 1 amide bonds. The minimum atomic E-state index is -3.28. The van der Waals surface area contributed by atoms with E-state index >= 15 is 0 Å². The van der Waals surface area contributed by atoms with Crippen LogP contribution in [0.4, 0.5) is 8.78 Å². The molecule has 3 N–H and O–H groups in total. The van der Waals surface area contributed by atoms with Crippen LogP contribution in [0.15, 0.2) is 60.8 Å². The molecule has 0 aliphatic heterocycles. The highest BCUT2D eigenvalue weighted by Gasteiger charge is 2.23. The maximum Gasteiger partial charge on any atom is 0.253 e. The van der Waals surface area contributed by atoms with Crippen LogP contribution in [-0.2, 0) is 35.0 Å². The Bertz CT molecular complexity index is 1300. The average molecular weight is 532 g/mol. The van der Waals surface area contributed by atoms with E-state index in [1.807, 2.05) is 18.2 Å². The molecule has 1 aromatic heterocycles. The van der Waals surface area contributed by atoms with E-state index in [0.717, 1.165) is 36.4 Å². The molecule has 37 heavy (non-hydrogen) atoms. The SMILES string of the molecule is CCc1cccc(CNCC(O)C(Cc2cc(F)cc(F)c2)NC(=O)c2ccc(CS(C)(=O)=O)nc2)c1. The summed E-state index contributed by atoms with van der Waals surface area (Å²) in [5.74, 6) is -2.33. The molecular weight excluding hydrogens is 500 g/mol. The van der Waals surface area contributed by atoms with Gasteiger partial charge in [0.05, 0.1) is 29.2 Å². The van der Waals surface area contributed by atoms with Gasteiger partial charge in [0, 0.05) is 31.6 Å². The third-order valence-corrected chi connectivity index (χ3v) is 6.56. The molecule has 0 aliphatic rings. The first-order valence-corrected chi connectivity index (χ1v) is 13.9. The third-order valence-electron chi connectivity index (χ3n) is 5.74. The van der Waals surface area contributed by atoms with Crippen LogP contribution < -0.4 is 10.6 Å². The van der Waals surface area contributed by atoms with E-state index < -0.39 is 39.5 Å². The number of aryl methyl sites for hydroxylation is 1. The summed E-state index contributed by atoms with van der Waals surface area (Å²) in [7, 11) is -3.28. The number of benzene rings is 2. The Balaban J connectivity index is 1.71. The summed E-state index contributed by atoms with van der Waals surface area (Å²) < 4.78 is 50.5. The molecule has 0 spiro atoms. The number of hydrogen-bond acceptors (Lipinski definition) is 6. The van der Waals surface area contributed by atoms with Crippen LogP contribution in [0.3, 0.4) is 0 Å². The second kappa shape index (κ2) is 12.8. The van der Waals surface area contributed by atoms with Crippen molar-refractivity contribution in [1.82, 2.24) is 15.6 Å². The van der Waals surface area contributed by atoms with Crippen LogP contribution in [0, 0.1) is 11.6 Å². The number of sulfone groups is 1. The van der Waals surface area contributed by atoms with Crippen molar-refractivity contribution >= 4 is 15.7 Å². The Kier molecular flexibility index (Phi) is 9.85. The fourth-order valence-corrected chi connectivity index (χ4v) is 4.60. The number of hydrogen-bond donors (Lipinski definition) is 3. The normalized spacial score (nSPS) is 13.2. The van der Waals surface area contributed by atoms with Gasteiger partial charge in [-0.15, -0.1) is 0 Å². The zero-order valence-electron chi connectivity index (χ0n) is 20.7. The number of rotatable bonds is 12. The van der Waals surface area contributed by atoms with Crippen molar-refractivity contribution in [2.45, 2.75) is 44.2 Å². The number of carbonyl (C=O) groups is 1. The summed E-state index contributed by atoms with van der Waals surface area (Å²) in [5.41, 5.74) is 2.96. The number of aliphatic hydroxyl groups excluding tert-OH is 1. The Morgan fingerprint density at radius 1 is 1.03 bits per heavy atom. The second-order valence-corrected chi connectivity index (χ2v) is 11.2. The van der Waals surface area contributed by atoms with E-state index in [9.17, 15) is 27.1 Å². The van der Waals surface area contributed by atoms with Gasteiger partial charge < -0.3 is 15.7 Å². The van der Waals surface area contributed by atoms with Gasteiger partial charge in [-0.1, -0.05) is 31.2 Å². The Labute approximate surface area is 215 Å². The topological polar surface area (TPSA) is 108 Å².